The molecule has 1 unspecified atom stereocenters. The van der Waals surface area contributed by atoms with E-state index in [2.05, 4.69) is 16.0 Å². The summed E-state index contributed by atoms with van der Waals surface area (Å²) in [5.41, 5.74) is 1.96. The lowest BCUT2D eigenvalue weighted by atomic mass is 10.2. The second-order valence-corrected chi connectivity index (χ2v) is 11.4. The number of rotatable bonds is 11. The Bertz CT molecular complexity index is 1620. The standard InChI is InChI=1S/C31H26ClN3O5S2/c1-2-27(30(38)34-25-16-21(31(39)40)11-12-24(25)32)42-23-10-6-9-22(17-23)33-29(37)26(15-19-13-14-41-18-19)35-28(36)20-7-4-3-5-8-20/h3-18,27H,2H2,1H3,(H,33,37)(H,34,38)(H,35,36)(H,39,40)/b26-15-. The summed E-state index contributed by atoms with van der Waals surface area (Å²) >= 11 is 8.93. The fraction of sp³-hybridized carbons (Fsp3) is 0.0968. The van der Waals surface area contributed by atoms with Crippen molar-refractivity contribution < 1.29 is 24.3 Å². The van der Waals surface area contributed by atoms with Crippen molar-refractivity contribution in [1.29, 1.82) is 0 Å². The minimum absolute atomic E-state index is 0.00576. The van der Waals surface area contributed by atoms with Gasteiger partial charge < -0.3 is 21.1 Å². The quantitative estimate of drug-likeness (QED) is 0.106. The number of halogens is 1. The summed E-state index contributed by atoms with van der Waals surface area (Å²) in [6, 6.07) is 21.5. The summed E-state index contributed by atoms with van der Waals surface area (Å²) < 4.78 is 0. The lowest BCUT2D eigenvalue weighted by molar-refractivity contribution is -0.116. The number of nitrogens with one attached hydrogen (secondary N) is 3. The SMILES string of the molecule is CCC(Sc1cccc(NC(=O)/C(=C/c2ccsc2)NC(=O)c2ccccc2)c1)C(=O)Nc1cc(C(=O)O)ccc1Cl. The average molecular weight is 620 g/mol. The van der Waals surface area contributed by atoms with Crippen LogP contribution in [-0.2, 0) is 9.59 Å². The van der Waals surface area contributed by atoms with Crippen molar-refractivity contribution in [3.05, 3.63) is 117 Å². The number of amides is 3. The number of aromatic carboxylic acids is 1. The molecule has 3 aromatic carbocycles. The second-order valence-electron chi connectivity index (χ2n) is 8.92. The summed E-state index contributed by atoms with van der Waals surface area (Å²) in [4.78, 5) is 51.2. The third kappa shape index (κ3) is 8.32. The number of carboxylic acid groups (broad SMARTS) is 1. The molecule has 11 heteroatoms. The molecule has 0 saturated carbocycles. The molecule has 1 heterocycles. The van der Waals surface area contributed by atoms with E-state index >= 15 is 0 Å². The number of benzene rings is 3. The molecule has 214 valence electrons. The molecule has 42 heavy (non-hydrogen) atoms. The maximum Gasteiger partial charge on any atom is 0.335 e. The van der Waals surface area contributed by atoms with Crippen LogP contribution < -0.4 is 16.0 Å². The van der Waals surface area contributed by atoms with E-state index < -0.39 is 23.0 Å². The van der Waals surface area contributed by atoms with Gasteiger partial charge in [0.15, 0.2) is 0 Å². The first-order chi connectivity index (χ1) is 20.2. The van der Waals surface area contributed by atoms with Crippen molar-refractivity contribution in [2.45, 2.75) is 23.5 Å². The van der Waals surface area contributed by atoms with Crippen LogP contribution in [0.4, 0.5) is 11.4 Å². The number of hydrogen-bond donors (Lipinski definition) is 4. The zero-order chi connectivity index (χ0) is 30.1. The van der Waals surface area contributed by atoms with Gasteiger partial charge in [-0.15, -0.1) is 11.8 Å². The fourth-order valence-corrected chi connectivity index (χ4v) is 5.56. The Hall–Kier alpha value is -4.38. The highest BCUT2D eigenvalue weighted by atomic mass is 35.5. The molecule has 0 aliphatic rings. The molecule has 0 radical (unpaired) electrons. The van der Waals surface area contributed by atoms with Crippen LogP contribution in [0.1, 0.15) is 39.6 Å². The Morgan fingerprint density at radius 3 is 2.43 bits per heavy atom. The number of thiophene rings is 1. The molecular weight excluding hydrogens is 594 g/mol. The van der Waals surface area contributed by atoms with Crippen molar-refractivity contribution in [2.24, 2.45) is 0 Å². The van der Waals surface area contributed by atoms with Crippen LogP contribution in [0.5, 0.6) is 0 Å². The van der Waals surface area contributed by atoms with Crippen LogP contribution in [0.2, 0.25) is 5.02 Å². The van der Waals surface area contributed by atoms with E-state index in [0.717, 1.165) is 10.5 Å². The Kier molecular flexibility index (Phi) is 10.6. The van der Waals surface area contributed by atoms with Gasteiger partial charge in [0, 0.05) is 16.1 Å². The minimum atomic E-state index is -1.13. The number of carbonyl (C=O) groups excluding carboxylic acids is 3. The van der Waals surface area contributed by atoms with Crippen LogP contribution in [-0.4, -0.2) is 34.0 Å². The minimum Gasteiger partial charge on any atom is -0.478 e. The zero-order valence-electron chi connectivity index (χ0n) is 22.3. The van der Waals surface area contributed by atoms with E-state index in [1.54, 1.807) is 54.6 Å². The monoisotopic (exact) mass is 619 g/mol. The van der Waals surface area contributed by atoms with Gasteiger partial charge in [-0.1, -0.05) is 42.8 Å². The summed E-state index contributed by atoms with van der Waals surface area (Å²) in [6.07, 6.45) is 2.08. The topological polar surface area (TPSA) is 125 Å². The molecule has 0 saturated heterocycles. The Morgan fingerprint density at radius 2 is 1.74 bits per heavy atom. The highest BCUT2D eigenvalue weighted by Gasteiger charge is 2.21. The van der Waals surface area contributed by atoms with Crippen LogP contribution in [0.3, 0.4) is 0 Å². The molecular formula is C31H26ClN3O5S2. The largest absolute Gasteiger partial charge is 0.478 e. The number of anilines is 2. The Labute approximate surface area is 255 Å². The van der Waals surface area contributed by atoms with E-state index in [-0.39, 0.29) is 27.9 Å². The van der Waals surface area contributed by atoms with Crippen LogP contribution in [0.15, 0.2) is 100 Å². The second kappa shape index (κ2) is 14.5. The van der Waals surface area contributed by atoms with Gasteiger partial charge >= 0.3 is 5.97 Å². The van der Waals surface area contributed by atoms with Crippen molar-refractivity contribution in [3.63, 3.8) is 0 Å². The van der Waals surface area contributed by atoms with E-state index in [1.165, 1.54) is 41.3 Å². The number of thioether (sulfide) groups is 1. The molecule has 0 aliphatic heterocycles. The lowest BCUT2D eigenvalue weighted by Crippen LogP contribution is -2.30. The highest BCUT2D eigenvalue weighted by Crippen LogP contribution is 2.30. The van der Waals surface area contributed by atoms with Gasteiger partial charge in [-0.2, -0.15) is 11.3 Å². The molecule has 0 spiro atoms. The first-order valence-electron chi connectivity index (χ1n) is 12.8. The summed E-state index contributed by atoms with van der Waals surface area (Å²) in [5, 5.41) is 20.9. The van der Waals surface area contributed by atoms with E-state index in [4.69, 9.17) is 11.6 Å². The molecule has 0 fully saturated rings. The van der Waals surface area contributed by atoms with Gasteiger partial charge in [0.05, 0.1) is 21.5 Å². The summed E-state index contributed by atoms with van der Waals surface area (Å²) in [6.45, 7) is 1.86. The number of carboxylic acids is 1. The Morgan fingerprint density at radius 1 is 0.952 bits per heavy atom. The molecule has 8 nitrogen and oxygen atoms in total. The van der Waals surface area contributed by atoms with Gasteiger partial charge in [0.25, 0.3) is 11.8 Å². The van der Waals surface area contributed by atoms with Gasteiger partial charge in [0.2, 0.25) is 5.91 Å². The Balaban J connectivity index is 1.47. The van der Waals surface area contributed by atoms with Crippen molar-refractivity contribution in [2.75, 3.05) is 10.6 Å². The van der Waals surface area contributed by atoms with Crippen molar-refractivity contribution in [3.8, 4) is 0 Å². The third-order valence-corrected chi connectivity index (χ3v) is 8.28. The van der Waals surface area contributed by atoms with Gasteiger partial charge in [0.1, 0.15) is 5.70 Å². The molecule has 1 atom stereocenters. The van der Waals surface area contributed by atoms with Crippen molar-refractivity contribution >= 4 is 75.8 Å². The maximum absolute atomic E-state index is 13.3. The molecule has 4 aromatic rings. The van der Waals surface area contributed by atoms with Crippen molar-refractivity contribution in [1.82, 2.24) is 5.32 Å². The fourth-order valence-electron chi connectivity index (χ4n) is 3.77. The van der Waals surface area contributed by atoms with E-state index in [0.29, 0.717) is 17.7 Å². The normalized spacial score (nSPS) is 11.8. The third-order valence-electron chi connectivity index (χ3n) is 5.89. The molecule has 0 aliphatic carbocycles. The van der Waals surface area contributed by atoms with E-state index in [1.807, 2.05) is 29.8 Å². The number of hydrogen-bond acceptors (Lipinski definition) is 6. The summed E-state index contributed by atoms with van der Waals surface area (Å²) in [5.74, 6) is -2.39. The van der Waals surface area contributed by atoms with Crippen LogP contribution >= 0.6 is 34.7 Å². The zero-order valence-corrected chi connectivity index (χ0v) is 24.7. The van der Waals surface area contributed by atoms with E-state index in [9.17, 15) is 24.3 Å². The molecule has 0 bridgehead atoms. The van der Waals surface area contributed by atoms with Gasteiger partial charge in [-0.3, -0.25) is 14.4 Å². The first-order valence-corrected chi connectivity index (χ1v) is 15.0. The first kappa shape index (κ1) is 30.6. The molecule has 3 amide bonds. The van der Waals surface area contributed by atoms with Gasteiger partial charge in [-0.05, 0) is 83.4 Å². The number of carbonyl (C=O) groups is 4. The molecule has 1 aromatic heterocycles. The molecule has 4 N–H and O–H groups in total. The highest BCUT2D eigenvalue weighted by molar-refractivity contribution is 8.00. The summed E-state index contributed by atoms with van der Waals surface area (Å²) in [7, 11) is 0. The maximum atomic E-state index is 13.3. The smallest absolute Gasteiger partial charge is 0.335 e. The predicted octanol–water partition coefficient (Wildman–Crippen LogP) is 7.02. The van der Waals surface area contributed by atoms with Gasteiger partial charge in [-0.25, -0.2) is 4.79 Å². The predicted molar refractivity (Wildman–Crippen MR) is 168 cm³/mol. The average Bonchev–Trinajstić information content (AvgIpc) is 3.50. The molecule has 4 rings (SSSR count). The van der Waals surface area contributed by atoms with Crippen LogP contribution in [0.25, 0.3) is 6.08 Å². The van der Waals surface area contributed by atoms with Crippen LogP contribution in [0, 0.1) is 0 Å². The lowest BCUT2D eigenvalue weighted by Gasteiger charge is -2.16.